The second-order valence-corrected chi connectivity index (χ2v) is 7.05. The molecule has 0 aliphatic carbocycles. The van der Waals surface area contributed by atoms with Gasteiger partial charge in [0.05, 0.1) is 6.33 Å². The van der Waals surface area contributed by atoms with E-state index in [0.717, 1.165) is 6.42 Å². The first-order valence-electron chi connectivity index (χ1n) is 6.11. The molecule has 0 amide bonds. The average molecular weight is 272 g/mol. The summed E-state index contributed by atoms with van der Waals surface area (Å²) in [5.74, 6) is 0.994. The molecule has 0 bridgehead atoms. The number of aromatic nitrogens is 2. The largest absolute Gasteiger partial charge is 0.381 e. The molecular formula is C11H20N4O2S. The highest BCUT2D eigenvalue weighted by atomic mass is 32.2. The Morgan fingerprint density at radius 1 is 1.50 bits per heavy atom. The summed E-state index contributed by atoms with van der Waals surface area (Å²) in [6, 6.07) is 0. The Labute approximate surface area is 108 Å². The van der Waals surface area contributed by atoms with Crippen molar-refractivity contribution in [2.24, 2.45) is 18.9 Å². The molecule has 7 heteroatoms. The first kappa shape index (κ1) is 13.4. The van der Waals surface area contributed by atoms with Crippen molar-refractivity contribution in [3.63, 3.8) is 0 Å². The molecule has 0 saturated carbocycles. The number of rotatable bonds is 3. The van der Waals surface area contributed by atoms with Crippen LogP contribution in [0.2, 0.25) is 0 Å². The van der Waals surface area contributed by atoms with E-state index in [2.05, 4.69) is 18.8 Å². The predicted molar refractivity (Wildman–Crippen MR) is 69.3 cm³/mol. The number of nitrogens with two attached hydrogens (primary N) is 1. The van der Waals surface area contributed by atoms with Gasteiger partial charge in [0.25, 0.3) is 10.0 Å². The van der Waals surface area contributed by atoms with E-state index < -0.39 is 10.0 Å². The summed E-state index contributed by atoms with van der Waals surface area (Å²) in [4.78, 5) is 3.84. The third-order valence-electron chi connectivity index (χ3n) is 3.62. The molecule has 2 N–H and O–H groups in total. The predicted octanol–water partition coefficient (Wildman–Crippen LogP) is 0.669. The Hall–Kier alpha value is -1.08. The first-order chi connectivity index (χ1) is 8.34. The Morgan fingerprint density at radius 2 is 2.17 bits per heavy atom. The lowest BCUT2D eigenvalue weighted by Gasteiger charge is -2.18. The Morgan fingerprint density at radius 3 is 2.61 bits per heavy atom. The Bertz CT molecular complexity index is 516. The molecule has 0 spiro atoms. The summed E-state index contributed by atoms with van der Waals surface area (Å²) in [6.45, 7) is 5.39. The number of hydrogen-bond donors (Lipinski definition) is 1. The van der Waals surface area contributed by atoms with Crippen molar-refractivity contribution in [2.45, 2.75) is 25.3 Å². The fourth-order valence-electron chi connectivity index (χ4n) is 2.39. The summed E-state index contributed by atoms with van der Waals surface area (Å²) in [7, 11) is -1.87. The molecule has 18 heavy (non-hydrogen) atoms. The van der Waals surface area contributed by atoms with Gasteiger partial charge >= 0.3 is 0 Å². The summed E-state index contributed by atoms with van der Waals surface area (Å²) in [5.41, 5.74) is 5.65. The summed E-state index contributed by atoms with van der Waals surface area (Å²) in [6.07, 6.45) is 2.34. The van der Waals surface area contributed by atoms with Crippen molar-refractivity contribution < 1.29 is 8.42 Å². The number of imidazole rings is 1. The highest BCUT2D eigenvalue weighted by molar-refractivity contribution is 7.89. The van der Waals surface area contributed by atoms with Gasteiger partial charge in [0.2, 0.25) is 0 Å². The summed E-state index contributed by atoms with van der Waals surface area (Å²) < 4.78 is 28.0. The van der Waals surface area contributed by atoms with Crippen molar-refractivity contribution in [2.75, 3.05) is 18.8 Å². The normalized spacial score (nSPS) is 21.9. The number of hydrogen-bond acceptors (Lipinski definition) is 4. The number of nitrogen functional groups attached to an aromatic ring is 1. The topological polar surface area (TPSA) is 81.2 Å². The van der Waals surface area contributed by atoms with Crippen LogP contribution in [-0.4, -0.2) is 35.4 Å². The highest BCUT2D eigenvalue weighted by Crippen LogP contribution is 2.29. The number of sulfonamides is 1. The van der Waals surface area contributed by atoms with Crippen LogP contribution in [0.1, 0.15) is 20.3 Å². The van der Waals surface area contributed by atoms with Gasteiger partial charge < -0.3 is 10.3 Å². The number of anilines is 1. The second-order valence-electron chi connectivity index (χ2n) is 5.20. The molecule has 1 aromatic heterocycles. The molecule has 0 radical (unpaired) electrons. The van der Waals surface area contributed by atoms with Gasteiger partial charge in [-0.2, -0.15) is 4.31 Å². The van der Waals surface area contributed by atoms with Crippen LogP contribution >= 0.6 is 0 Å². The molecule has 2 heterocycles. The van der Waals surface area contributed by atoms with Gasteiger partial charge in [-0.1, -0.05) is 13.8 Å². The maximum absolute atomic E-state index is 12.5. The fourth-order valence-corrected chi connectivity index (χ4v) is 4.10. The highest BCUT2D eigenvalue weighted by Gasteiger charge is 2.36. The molecular weight excluding hydrogens is 252 g/mol. The lowest BCUT2D eigenvalue weighted by Crippen LogP contribution is -2.31. The zero-order valence-corrected chi connectivity index (χ0v) is 11.8. The molecule has 2 rings (SSSR count). The van der Waals surface area contributed by atoms with Crippen LogP contribution in [0.4, 0.5) is 5.82 Å². The van der Waals surface area contributed by atoms with Gasteiger partial charge in [0.1, 0.15) is 0 Å². The third kappa shape index (κ3) is 2.12. The molecule has 1 fully saturated rings. The lowest BCUT2D eigenvalue weighted by atomic mass is 9.96. The Kier molecular flexibility index (Phi) is 3.37. The molecule has 1 atom stereocenters. The molecule has 0 aromatic carbocycles. The minimum atomic E-state index is -3.51. The Balaban J connectivity index is 2.29. The van der Waals surface area contributed by atoms with Crippen molar-refractivity contribution in [1.82, 2.24) is 13.9 Å². The maximum Gasteiger partial charge on any atom is 0.262 e. The van der Waals surface area contributed by atoms with E-state index in [4.69, 9.17) is 5.73 Å². The van der Waals surface area contributed by atoms with E-state index in [-0.39, 0.29) is 10.8 Å². The quantitative estimate of drug-likeness (QED) is 0.877. The van der Waals surface area contributed by atoms with Gasteiger partial charge in [-0.05, 0) is 18.3 Å². The molecule has 1 unspecified atom stereocenters. The zero-order chi connectivity index (χ0) is 13.5. The van der Waals surface area contributed by atoms with Gasteiger partial charge in [0, 0.05) is 20.1 Å². The van der Waals surface area contributed by atoms with E-state index in [9.17, 15) is 8.42 Å². The summed E-state index contributed by atoms with van der Waals surface area (Å²) in [5, 5.41) is 0.104. The lowest BCUT2D eigenvalue weighted by molar-refractivity contribution is 0.387. The number of aryl methyl sites for hydroxylation is 1. The second kappa shape index (κ2) is 4.55. The molecule has 1 aliphatic rings. The van der Waals surface area contributed by atoms with Crippen LogP contribution in [0.15, 0.2) is 11.4 Å². The molecule has 1 saturated heterocycles. The van der Waals surface area contributed by atoms with Crippen LogP contribution in [0.25, 0.3) is 0 Å². The minimum absolute atomic E-state index is 0.0745. The van der Waals surface area contributed by atoms with Gasteiger partial charge in [-0.15, -0.1) is 0 Å². The van der Waals surface area contributed by atoms with Crippen molar-refractivity contribution in [3.05, 3.63) is 6.33 Å². The van der Waals surface area contributed by atoms with Crippen LogP contribution in [0, 0.1) is 11.8 Å². The van der Waals surface area contributed by atoms with Crippen molar-refractivity contribution in [3.8, 4) is 0 Å². The molecule has 6 nitrogen and oxygen atoms in total. The molecule has 1 aliphatic heterocycles. The SMILES string of the molecule is CC(C)C1CCN(S(=O)(=O)c2c(N)ncn2C)C1. The minimum Gasteiger partial charge on any atom is -0.381 e. The van der Waals surface area contributed by atoms with Crippen LogP contribution < -0.4 is 5.73 Å². The zero-order valence-electron chi connectivity index (χ0n) is 11.0. The van der Waals surface area contributed by atoms with Gasteiger partial charge in [-0.3, -0.25) is 0 Å². The van der Waals surface area contributed by atoms with E-state index in [1.165, 1.54) is 15.2 Å². The van der Waals surface area contributed by atoms with Crippen LogP contribution in [0.5, 0.6) is 0 Å². The van der Waals surface area contributed by atoms with Crippen LogP contribution in [-0.2, 0) is 17.1 Å². The van der Waals surface area contributed by atoms with Crippen LogP contribution in [0.3, 0.4) is 0 Å². The fraction of sp³-hybridized carbons (Fsp3) is 0.727. The van der Waals surface area contributed by atoms with Crippen molar-refractivity contribution >= 4 is 15.8 Å². The monoisotopic (exact) mass is 272 g/mol. The average Bonchev–Trinajstić information content (AvgIpc) is 2.85. The first-order valence-corrected chi connectivity index (χ1v) is 7.55. The number of nitrogens with zero attached hydrogens (tertiary/aromatic N) is 3. The molecule has 102 valence electrons. The van der Waals surface area contributed by atoms with E-state index in [0.29, 0.717) is 24.9 Å². The third-order valence-corrected chi connectivity index (χ3v) is 5.62. The van der Waals surface area contributed by atoms with E-state index >= 15 is 0 Å². The van der Waals surface area contributed by atoms with Gasteiger partial charge in [0.15, 0.2) is 10.8 Å². The maximum atomic E-state index is 12.5. The smallest absolute Gasteiger partial charge is 0.262 e. The van der Waals surface area contributed by atoms with Crippen molar-refractivity contribution in [1.29, 1.82) is 0 Å². The van der Waals surface area contributed by atoms with Gasteiger partial charge in [-0.25, -0.2) is 13.4 Å². The molecule has 1 aromatic rings. The van der Waals surface area contributed by atoms with E-state index in [1.807, 2.05) is 0 Å². The standard InChI is InChI=1S/C11H20N4O2S/c1-8(2)9-4-5-15(6-9)18(16,17)11-10(12)13-7-14(11)3/h7-9H,4-6,12H2,1-3H3. The summed E-state index contributed by atoms with van der Waals surface area (Å²) >= 11 is 0. The van der Waals surface area contributed by atoms with E-state index in [1.54, 1.807) is 7.05 Å².